The summed E-state index contributed by atoms with van der Waals surface area (Å²) in [5.74, 6) is -1.53. The number of unbranched alkanes of at least 4 members (excludes halogenated alkanes) is 2. The Labute approximate surface area is 167 Å². The number of Topliss-reactive ketones (excluding diaryl/α,β-unsaturated/α-hetero) is 1. The number of carbonyl (C=O) groups is 2. The normalized spacial score (nSPS) is 10.8. The van der Waals surface area contributed by atoms with Crippen molar-refractivity contribution in [3.63, 3.8) is 0 Å². The number of benzene rings is 1. The molecule has 1 aromatic rings. The van der Waals surface area contributed by atoms with E-state index in [0.717, 1.165) is 13.0 Å². The minimum atomic E-state index is -0.877. The minimum Gasteiger partial charge on any atom is -0.457 e. The third-order valence-electron chi connectivity index (χ3n) is 3.69. The van der Waals surface area contributed by atoms with Gasteiger partial charge in [0, 0.05) is 12.2 Å². The number of hydrogen-bond acceptors (Lipinski definition) is 7. The van der Waals surface area contributed by atoms with Gasteiger partial charge in [-0.3, -0.25) is 4.79 Å². The summed E-state index contributed by atoms with van der Waals surface area (Å²) in [6.45, 7) is 6.17. The highest BCUT2D eigenvalue weighted by molar-refractivity contribution is 6.40. The lowest BCUT2D eigenvalue weighted by Crippen LogP contribution is -2.20. The summed E-state index contributed by atoms with van der Waals surface area (Å²) < 4.78 is 26.4. The van der Waals surface area contributed by atoms with E-state index in [1.54, 1.807) is 30.3 Å². The molecular formula is C21H32O7. The minimum absolute atomic E-state index is 0.0266. The van der Waals surface area contributed by atoms with Crippen molar-refractivity contribution in [1.82, 2.24) is 0 Å². The van der Waals surface area contributed by atoms with Crippen LogP contribution < -0.4 is 0 Å². The second-order valence-electron chi connectivity index (χ2n) is 5.99. The van der Waals surface area contributed by atoms with E-state index in [9.17, 15) is 9.59 Å². The Morgan fingerprint density at radius 3 is 1.71 bits per heavy atom. The largest absolute Gasteiger partial charge is 0.457 e. The van der Waals surface area contributed by atoms with E-state index in [0.29, 0.717) is 45.2 Å². The van der Waals surface area contributed by atoms with Crippen LogP contribution in [0.1, 0.15) is 36.5 Å². The van der Waals surface area contributed by atoms with Gasteiger partial charge in [0.25, 0.3) is 5.78 Å². The molecule has 0 aromatic heterocycles. The Bertz CT molecular complexity index is 519. The second kappa shape index (κ2) is 17.3. The molecule has 0 saturated carbocycles. The van der Waals surface area contributed by atoms with Crippen LogP contribution in [-0.4, -0.2) is 71.2 Å². The first kappa shape index (κ1) is 24.2. The molecule has 0 bridgehead atoms. The first-order chi connectivity index (χ1) is 13.8. The predicted molar refractivity (Wildman–Crippen MR) is 105 cm³/mol. The van der Waals surface area contributed by atoms with Crippen molar-refractivity contribution in [2.24, 2.45) is 0 Å². The van der Waals surface area contributed by atoms with E-state index in [2.05, 4.69) is 6.92 Å². The van der Waals surface area contributed by atoms with E-state index in [-0.39, 0.29) is 13.2 Å². The molecule has 0 atom stereocenters. The van der Waals surface area contributed by atoms with Gasteiger partial charge < -0.3 is 23.7 Å². The van der Waals surface area contributed by atoms with Crippen LogP contribution in [0, 0.1) is 0 Å². The number of carbonyl (C=O) groups excluding carboxylic acids is 2. The van der Waals surface area contributed by atoms with Gasteiger partial charge in [-0.25, -0.2) is 4.79 Å². The maximum absolute atomic E-state index is 11.8. The molecule has 0 N–H and O–H groups in total. The zero-order valence-electron chi connectivity index (χ0n) is 16.7. The first-order valence-corrected chi connectivity index (χ1v) is 9.83. The van der Waals surface area contributed by atoms with Gasteiger partial charge in [-0.05, 0) is 6.42 Å². The average Bonchev–Trinajstić information content (AvgIpc) is 2.73. The zero-order chi connectivity index (χ0) is 20.3. The molecule has 158 valence electrons. The summed E-state index contributed by atoms with van der Waals surface area (Å²) >= 11 is 0. The summed E-state index contributed by atoms with van der Waals surface area (Å²) in [5.41, 5.74) is 0.312. The van der Waals surface area contributed by atoms with Gasteiger partial charge >= 0.3 is 5.97 Å². The number of hydrogen-bond donors (Lipinski definition) is 0. The van der Waals surface area contributed by atoms with Crippen LogP contribution in [0.5, 0.6) is 0 Å². The van der Waals surface area contributed by atoms with Crippen molar-refractivity contribution in [3.05, 3.63) is 35.9 Å². The van der Waals surface area contributed by atoms with Crippen LogP contribution in [0.2, 0.25) is 0 Å². The molecule has 0 aliphatic rings. The van der Waals surface area contributed by atoms with E-state index in [4.69, 9.17) is 23.7 Å². The van der Waals surface area contributed by atoms with Crippen LogP contribution in [0.3, 0.4) is 0 Å². The predicted octanol–water partition coefficient (Wildman–Crippen LogP) is 2.67. The van der Waals surface area contributed by atoms with Crippen molar-refractivity contribution in [2.45, 2.75) is 26.2 Å². The summed E-state index contributed by atoms with van der Waals surface area (Å²) in [4.78, 5) is 23.4. The number of rotatable bonds is 18. The van der Waals surface area contributed by atoms with Crippen molar-refractivity contribution in [2.75, 3.05) is 59.5 Å². The first-order valence-electron chi connectivity index (χ1n) is 9.83. The van der Waals surface area contributed by atoms with Crippen LogP contribution in [0.4, 0.5) is 0 Å². The summed E-state index contributed by atoms with van der Waals surface area (Å²) in [6, 6.07) is 8.30. The van der Waals surface area contributed by atoms with Gasteiger partial charge in [0.1, 0.15) is 6.61 Å². The Balaban J connectivity index is 1.83. The Morgan fingerprint density at radius 2 is 1.18 bits per heavy atom. The highest BCUT2D eigenvalue weighted by atomic mass is 16.6. The third-order valence-corrected chi connectivity index (χ3v) is 3.69. The number of ether oxygens (including phenoxy) is 5. The zero-order valence-corrected chi connectivity index (χ0v) is 16.7. The topological polar surface area (TPSA) is 80.3 Å². The number of ketones is 1. The molecule has 0 aliphatic carbocycles. The Kier molecular flexibility index (Phi) is 15.0. The molecule has 0 heterocycles. The van der Waals surface area contributed by atoms with Crippen molar-refractivity contribution >= 4 is 11.8 Å². The van der Waals surface area contributed by atoms with Crippen LogP contribution in [-0.2, 0) is 28.5 Å². The molecule has 0 spiro atoms. The van der Waals surface area contributed by atoms with Crippen LogP contribution >= 0.6 is 0 Å². The molecule has 28 heavy (non-hydrogen) atoms. The van der Waals surface area contributed by atoms with Crippen molar-refractivity contribution in [1.29, 1.82) is 0 Å². The summed E-state index contributed by atoms with van der Waals surface area (Å²) in [6.07, 6.45) is 3.49. The van der Waals surface area contributed by atoms with Gasteiger partial charge in [-0.1, -0.05) is 50.1 Å². The summed E-state index contributed by atoms with van der Waals surface area (Å²) in [7, 11) is 0. The third kappa shape index (κ3) is 12.6. The number of esters is 1. The highest BCUT2D eigenvalue weighted by Gasteiger charge is 2.16. The Hall–Kier alpha value is -1.80. The van der Waals surface area contributed by atoms with Crippen LogP contribution in [0.15, 0.2) is 30.3 Å². The fraction of sp³-hybridized carbons (Fsp3) is 0.619. The van der Waals surface area contributed by atoms with Gasteiger partial charge in [0.05, 0.1) is 46.2 Å². The average molecular weight is 396 g/mol. The maximum atomic E-state index is 11.8. The lowest BCUT2D eigenvalue weighted by Gasteiger charge is -2.08. The van der Waals surface area contributed by atoms with Gasteiger partial charge in [0.15, 0.2) is 0 Å². The monoisotopic (exact) mass is 396 g/mol. The standard InChI is InChI=1S/C21H32O7/c1-2-3-7-10-24-11-12-25-13-14-26-15-16-27-17-18-28-21(23)20(22)19-8-5-4-6-9-19/h4-6,8-9H,2-3,7,10-18H2,1H3. The molecule has 0 amide bonds. The molecule has 0 unspecified atom stereocenters. The molecule has 7 heteroatoms. The fourth-order valence-corrected chi connectivity index (χ4v) is 2.18. The van der Waals surface area contributed by atoms with E-state index < -0.39 is 11.8 Å². The molecular weight excluding hydrogens is 364 g/mol. The van der Waals surface area contributed by atoms with Crippen molar-refractivity contribution < 1.29 is 33.3 Å². The lowest BCUT2D eigenvalue weighted by atomic mass is 10.1. The Morgan fingerprint density at radius 1 is 0.679 bits per heavy atom. The molecule has 1 aromatic carbocycles. The molecule has 0 fully saturated rings. The van der Waals surface area contributed by atoms with Gasteiger partial charge in [-0.2, -0.15) is 0 Å². The van der Waals surface area contributed by atoms with Gasteiger partial charge in [0.2, 0.25) is 0 Å². The molecule has 0 saturated heterocycles. The molecule has 7 nitrogen and oxygen atoms in total. The second-order valence-corrected chi connectivity index (χ2v) is 5.99. The summed E-state index contributed by atoms with van der Waals surface area (Å²) in [5, 5.41) is 0. The highest BCUT2D eigenvalue weighted by Crippen LogP contribution is 2.01. The smallest absolute Gasteiger partial charge is 0.379 e. The molecule has 1 rings (SSSR count). The van der Waals surface area contributed by atoms with Gasteiger partial charge in [-0.15, -0.1) is 0 Å². The fourth-order valence-electron chi connectivity index (χ4n) is 2.18. The SMILES string of the molecule is CCCCCOCCOCCOCCOCCOC(=O)C(=O)c1ccccc1. The lowest BCUT2D eigenvalue weighted by molar-refractivity contribution is -0.139. The van der Waals surface area contributed by atoms with E-state index >= 15 is 0 Å². The van der Waals surface area contributed by atoms with Crippen LogP contribution in [0.25, 0.3) is 0 Å². The van der Waals surface area contributed by atoms with Crippen molar-refractivity contribution in [3.8, 4) is 0 Å². The van der Waals surface area contributed by atoms with E-state index in [1.165, 1.54) is 12.8 Å². The molecule has 0 aliphatic heterocycles. The van der Waals surface area contributed by atoms with E-state index in [1.807, 2.05) is 0 Å². The molecule has 0 radical (unpaired) electrons. The quantitative estimate of drug-likeness (QED) is 0.163. The maximum Gasteiger partial charge on any atom is 0.379 e.